The summed E-state index contributed by atoms with van der Waals surface area (Å²) in [4.78, 5) is 10.7. The molecular formula is C4H9BrNNaO4S. The average molecular weight is 270 g/mol. The summed E-state index contributed by atoms with van der Waals surface area (Å²) >= 11 is 2.77. The molecule has 0 amide bonds. The maximum atomic E-state index is 10.7. The zero-order valence-electron chi connectivity index (χ0n) is 7.53. The smallest absolute Gasteiger partial charge is 1.00 e. The summed E-state index contributed by atoms with van der Waals surface area (Å²) in [7, 11) is -4.33. The second kappa shape index (κ2) is 6.47. The fourth-order valence-corrected chi connectivity index (χ4v) is 1.77. The summed E-state index contributed by atoms with van der Waals surface area (Å²) in [5.41, 5.74) is 4.95. The van der Waals surface area contributed by atoms with Crippen LogP contribution >= 0.6 is 15.9 Å². The minimum atomic E-state index is -4.33. The summed E-state index contributed by atoms with van der Waals surface area (Å²) in [6.45, 7) is -0.400. The number of hydrogen-bond donors (Lipinski definition) is 2. The van der Waals surface area contributed by atoms with E-state index in [2.05, 4.69) is 15.9 Å². The molecule has 1 unspecified atom stereocenters. The van der Waals surface area contributed by atoms with Crippen LogP contribution in [0.4, 0.5) is 0 Å². The van der Waals surface area contributed by atoms with Gasteiger partial charge in [-0.1, -0.05) is 15.9 Å². The normalized spacial score (nSPS) is 13.2. The SMILES string of the molecule is NCC(C(=O)CBr)S(=O)(=O)O.[H-].[Na+]. The first kappa shape index (κ1) is 15.5. The van der Waals surface area contributed by atoms with E-state index in [1.807, 2.05) is 0 Å². The van der Waals surface area contributed by atoms with Crippen LogP contribution in [0, 0.1) is 0 Å². The Morgan fingerprint density at radius 1 is 1.67 bits per heavy atom. The Morgan fingerprint density at radius 2 is 2.08 bits per heavy atom. The molecule has 0 bridgehead atoms. The monoisotopic (exact) mass is 269 g/mol. The molecule has 3 N–H and O–H groups in total. The summed E-state index contributed by atoms with van der Waals surface area (Å²) < 4.78 is 29.2. The van der Waals surface area contributed by atoms with Crippen LogP contribution in [0.5, 0.6) is 0 Å². The minimum absolute atomic E-state index is 0. The van der Waals surface area contributed by atoms with Gasteiger partial charge in [-0.15, -0.1) is 0 Å². The molecule has 0 aromatic rings. The Hall–Kier alpha value is 1.02. The molecule has 0 aliphatic heterocycles. The number of nitrogens with two attached hydrogens (primary N) is 1. The molecule has 0 aromatic heterocycles. The van der Waals surface area contributed by atoms with Crippen molar-refractivity contribution in [2.45, 2.75) is 5.25 Å². The number of rotatable bonds is 4. The van der Waals surface area contributed by atoms with Crippen LogP contribution in [-0.4, -0.2) is 35.9 Å². The molecule has 0 heterocycles. The zero-order chi connectivity index (χ0) is 9.07. The summed E-state index contributed by atoms with van der Waals surface area (Å²) in [5.74, 6) is -0.644. The van der Waals surface area contributed by atoms with E-state index in [0.717, 1.165) is 0 Å². The standard InChI is InChI=1S/C4H8BrNO4S.Na.H/c5-1-3(7)4(2-6)11(8,9)10;;/h4H,1-2,6H2,(H,8,9,10);;/q;+1;-1. The van der Waals surface area contributed by atoms with Gasteiger partial charge in [-0.25, -0.2) is 0 Å². The van der Waals surface area contributed by atoms with E-state index >= 15 is 0 Å². The Morgan fingerprint density at radius 3 is 2.17 bits per heavy atom. The van der Waals surface area contributed by atoms with Crippen molar-refractivity contribution >= 4 is 31.8 Å². The van der Waals surface area contributed by atoms with Crippen LogP contribution in [0.2, 0.25) is 0 Å². The quantitative estimate of drug-likeness (QED) is 0.311. The molecule has 0 saturated heterocycles. The van der Waals surface area contributed by atoms with Crippen molar-refractivity contribution in [3.63, 3.8) is 0 Å². The van der Waals surface area contributed by atoms with Crippen LogP contribution in [0.25, 0.3) is 0 Å². The first-order chi connectivity index (χ1) is 4.93. The van der Waals surface area contributed by atoms with E-state index in [1.54, 1.807) is 0 Å². The van der Waals surface area contributed by atoms with Crippen LogP contribution in [-0.2, 0) is 14.9 Å². The molecule has 8 heteroatoms. The molecule has 0 aromatic carbocycles. The molecule has 68 valence electrons. The molecule has 0 aliphatic rings. The number of halogens is 1. The molecule has 0 saturated carbocycles. The fourth-order valence-electron chi connectivity index (χ4n) is 0.505. The third kappa shape index (κ3) is 4.90. The van der Waals surface area contributed by atoms with Crippen molar-refractivity contribution in [3.05, 3.63) is 0 Å². The Kier molecular flexibility index (Phi) is 8.35. The number of carbonyl (C=O) groups is 1. The first-order valence-corrected chi connectivity index (χ1v) is 5.31. The fraction of sp³-hybridized carbons (Fsp3) is 0.750. The van der Waals surface area contributed by atoms with Crippen molar-refractivity contribution in [3.8, 4) is 0 Å². The van der Waals surface area contributed by atoms with Gasteiger partial charge >= 0.3 is 29.6 Å². The van der Waals surface area contributed by atoms with Gasteiger partial charge in [0.15, 0.2) is 11.0 Å². The number of hydrogen-bond acceptors (Lipinski definition) is 4. The molecule has 0 radical (unpaired) electrons. The van der Waals surface area contributed by atoms with Crippen molar-refractivity contribution in [2.75, 3.05) is 11.9 Å². The van der Waals surface area contributed by atoms with Crippen molar-refractivity contribution < 1.29 is 48.7 Å². The maximum absolute atomic E-state index is 10.7. The van der Waals surface area contributed by atoms with Gasteiger partial charge in [-0.3, -0.25) is 9.35 Å². The average Bonchev–Trinajstić information content (AvgIpc) is 1.86. The van der Waals surface area contributed by atoms with Crippen molar-refractivity contribution in [1.82, 2.24) is 0 Å². The van der Waals surface area contributed by atoms with Gasteiger partial charge in [0, 0.05) is 6.54 Å². The number of ketones is 1. The van der Waals surface area contributed by atoms with Gasteiger partial charge in [0.05, 0.1) is 5.33 Å². The second-order valence-electron chi connectivity index (χ2n) is 1.84. The zero-order valence-corrected chi connectivity index (χ0v) is 10.9. The minimum Gasteiger partial charge on any atom is -1.00 e. The predicted octanol–water partition coefficient (Wildman–Crippen LogP) is -3.72. The topological polar surface area (TPSA) is 97.5 Å². The van der Waals surface area contributed by atoms with E-state index in [1.165, 1.54) is 0 Å². The molecule has 1 atom stereocenters. The second-order valence-corrected chi connectivity index (χ2v) is 4.00. The summed E-state index contributed by atoms with van der Waals surface area (Å²) in [5, 5.41) is -1.63. The van der Waals surface area contributed by atoms with Gasteiger partial charge in [0.2, 0.25) is 0 Å². The van der Waals surface area contributed by atoms with Gasteiger partial charge in [-0.05, 0) is 0 Å². The van der Waals surface area contributed by atoms with Gasteiger partial charge in [0.1, 0.15) is 0 Å². The number of carbonyl (C=O) groups excluding carboxylic acids is 1. The van der Waals surface area contributed by atoms with Gasteiger partial charge in [-0.2, -0.15) is 8.42 Å². The van der Waals surface area contributed by atoms with Crippen molar-refractivity contribution in [2.24, 2.45) is 5.73 Å². The maximum Gasteiger partial charge on any atom is 1.00 e. The molecule has 0 fully saturated rings. The molecule has 0 spiro atoms. The van der Waals surface area contributed by atoms with Crippen LogP contribution in [0.15, 0.2) is 0 Å². The first-order valence-electron chi connectivity index (χ1n) is 2.68. The predicted molar refractivity (Wildman–Crippen MR) is 44.3 cm³/mol. The Balaban J connectivity index is -0.000000500. The molecular weight excluding hydrogens is 261 g/mol. The third-order valence-electron chi connectivity index (χ3n) is 1.06. The van der Waals surface area contributed by atoms with Gasteiger partial charge in [0.25, 0.3) is 10.1 Å². The number of Topliss-reactive ketones (excluding diaryl/α,β-unsaturated/α-hetero) is 1. The van der Waals surface area contributed by atoms with Crippen LogP contribution in [0.3, 0.4) is 0 Å². The van der Waals surface area contributed by atoms with E-state index < -0.39 is 27.7 Å². The summed E-state index contributed by atoms with van der Waals surface area (Å²) in [6.07, 6.45) is 0. The van der Waals surface area contributed by atoms with Crippen LogP contribution < -0.4 is 35.3 Å². The molecule has 0 aliphatic carbocycles. The Bertz CT molecular complexity index is 247. The molecule has 0 rings (SSSR count). The van der Waals surface area contributed by atoms with E-state index in [-0.39, 0.29) is 36.3 Å². The third-order valence-corrected chi connectivity index (χ3v) is 2.79. The molecule has 5 nitrogen and oxygen atoms in total. The van der Waals surface area contributed by atoms with E-state index in [4.69, 9.17) is 10.3 Å². The van der Waals surface area contributed by atoms with E-state index in [9.17, 15) is 13.2 Å². The van der Waals surface area contributed by atoms with Crippen molar-refractivity contribution in [1.29, 1.82) is 0 Å². The largest absolute Gasteiger partial charge is 1.00 e. The Labute approximate surface area is 103 Å². The van der Waals surface area contributed by atoms with E-state index in [0.29, 0.717) is 0 Å². The summed E-state index contributed by atoms with van der Waals surface area (Å²) in [6, 6.07) is 0. The molecule has 12 heavy (non-hydrogen) atoms. The van der Waals surface area contributed by atoms with Crippen LogP contribution in [0.1, 0.15) is 1.43 Å². The van der Waals surface area contributed by atoms with Gasteiger partial charge < -0.3 is 7.16 Å². The number of alkyl halides is 1.